The zero-order chi connectivity index (χ0) is 10.1. The Kier molecular flexibility index (Phi) is 2.56. The van der Waals surface area contributed by atoms with Crippen LogP contribution in [0.3, 0.4) is 0 Å². The average Bonchev–Trinajstić information content (AvgIpc) is 2.43. The van der Waals surface area contributed by atoms with Gasteiger partial charge in [-0.15, -0.1) is 0 Å². The molecule has 1 rings (SSSR count). The fourth-order valence-electron chi connectivity index (χ4n) is 1.33. The maximum Gasteiger partial charge on any atom is 0.396 e. The lowest BCUT2D eigenvalue weighted by molar-refractivity contribution is -0.157. The van der Waals surface area contributed by atoms with E-state index in [0.29, 0.717) is 13.0 Å². The zero-order valence-corrected chi connectivity index (χ0v) is 7.74. The van der Waals surface area contributed by atoms with Gasteiger partial charge in [0.2, 0.25) is 0 Å². The van der Waals surface area contributed by atoms with Crippen molar-refractivity contribution in [1.82, 2.24) is 4.90 Å². The van der Waals surface area contributed by atoms with Crippen LogP contribution < -0.4 is 0 Å². The molecule has 5 heteroatoms. The number of hydrogen-bond donors (Lipinski definition) is 1. The second-order valence-corrected chi connectivity index (χ2v) is 3.47. The number of carbonyl (C=O) groups excluding carboxylic acids is 2. The van der Waals surface area contributed by atoms with Crippen LogP contribution in [0.5, 0.6) is 0 Å². The summed E-state index contributed by atoms with van der Waals surface area (Å²) in [4.78, 5) is 23.3. The molecular weight excluding hydrogens is 174 g/mol. The van der Waals surface area contributed by atoms with Gasteiger partial charge in [-0.25, -0.2) is 4.79 Å². The first-order valence-corrected chi connectivity index (χ1v) is 4.06. The number of carbonyl (C=O) groups is 2. The van der Waals surface area contributed by atoms with Gasteiger partial charge < -0.3 is 14.7 Å². The number of nitrogens with zero attached hydrogens (tertiary/aromatic N) is 1. The molecule has 1 aliphatic heterocycles. The second-order valence-electron chi connectivity index (χ2n) is 3.47. The summed E-state index contributed by atoms with van der Waals surface area (Å²) in [7, 11) is 1.16. The summed E-state index contributed by atoms with van der Waals surface area (Å²) in [6.07, 6.45) is 0.496. The van der Waals surface area contributed by atoms with Crippen molar-refractivity contribution >= 4 is 11.9 Å². The maximum absolute atomic E-state index is 11.2. The molecule has 0 aromatic heterocycles. The fraction of sp³-hybridized carbons (Fsp3) is 0.750. The molecule has 1 N–H and O–H groups in total. The number of esters is 1. The van der Waals surface area contributed by atoms with Crippen molar-refractivity contribution in [2.45, 2.75) is 18.9 Å². The van der Waals surface area contributed by atoms with E-state index in [9.17, 15) is 14.7 Å². The van der Waals surface area contributed by atoms with Gasteiger partial charge in [0.05, 0.1) is 12.7 Å². The lowest BCUT2D eigenvalue weighted by Crippen LogP contribution is -2.38. The Morgan fingerprint density at radius 1 is 1.54 bits per heavy atom. The molecule has 1 saturated heterocycles. The Labute approximate surface area is 76.3 Å². The predicted molar refractivity (Wildman–Crippen MR) is 43.8 cm³/mol. The summed E-state index contributed by atoms with van der Waals surface area (Å²) >= 11 is 0. The third kappa shape index (κ3) is 2.18. The van der Waals surface area contributed by atoms with Crippen LogP contribution in [0.25, 0.3) is 0 Å². The minimum Gasteiger partial charge on any atom is -0.462 e. The van der Waals surface area contributed by atoms with Gasteiger partial charge in [0, 0.05) is 13.1 Å². The highest BCUT2D eigenvalue weighted by Gasteiger charge is 2.36. The fourth-order valence-corrected chi connectivity index (χ4v) is 1.33. The molecule has 0 spiro atoms. The Hall–Kier alpha value is -1.10. The zero-order valence-electron chi connectivity index (χ0n) is 7.74. The first-order chi connectivity index (χ1) is 5.96. The SMILES string of the molecule is COC(=O)C(=O)N1CCC(C)(O)C1. The van der Waals surface area contributed by atoms with Crippen LogP contribution in [0.1, 0.15) is 13.3 Å². The molecule has 1 amide bonds. The Bertz CT molecular complexity index is 236. The molecule has 1 heterocycles. The average molecular weight is 187 g/mol. The molecule has 74 valence electrons. The quantitative estimate of drug-likeness (QED) is 0.396. The van der Waals surface area contributed by atoms with E-state index >= 15 is 0 Å². The first-order valence-electron chi connectivity index (χ1n) is 4.06. The highest BCUT2D eigenvalue weighted by atomic mass is 16.5. The van der Waals surface area contributed by atoms with Crippen LogP contribution >= 0.6 is 0 Å². The standard InChI is InChI=1S/C8H13NO4/c1-8(12)3-4-9(5-8)6(10)7(11)13-2/h12H,3-5H2,1-2H3. The largest absolute Gasteiger partial charge is 0.462 e. The number of methoxy groups -OCH3 is 1. The van der Waals surface area contributed by atoms with E-state index in [0.717, 1.165) is 7.11 Å². The van der Waals surface area contributed by atoms with Crippen LogP contribution in [-0.4, -0.2) is 47.7 Å². The van der Waals surface area contributed by atoms with Crippen LogP contribution in [-0.2, 0) is 14.3 Å². The molecule has 13 heavy (non-hydrogen) atoms. The Morgan fingerprint density at radius 3 is 2.54 bits per heavy atom. The second kappa shape index (κ2) is 3.33. The van der Waals surface area contributed by atoms with Crippen molar-refractivity contribution < 1.29 is 19.4 Å². The van der Waals surface area contributed by atoms with E-state index in [2.05, 4.69) is 4.74 Å². The molecular formula is C8H13NO4. The topological polar surface area (TPSA) is 66.8 Å². The van der Waals surface area contributed by atoms with Crippen LogP contribution in [0.2, 0.25) is 0 Å². The lowest BCUT2D eigenvalue weighted by Gasteiger charge is -2.17. The molecule has 5 nitrogen and oxygen atoms in total. The normalized spacial score (nSPS) is 27.5. The predicted octanol–water partition coefficient (Wildman–Crippen LogP) is -0.857. The van der Waals surface area contributed by atoms with Gasteiger partial charge in [0.1, 0.15) is 0 Å². The van der Waals surface area contributed by atoms with E-state index in [1.165, 1.54) is 4.90 Å². The summed E-state index contributed by atoms with van der Waals surface area (Å²) < 4.78 is 4.28. The molecule has 0 bridgehead atoms. The van der Waals surface area contributed by atoms with Crippen LogP contribution in [0, 0.1) is 0 Å². The number of hydrogen-bond acceptors (Lipinski definition) is 4. The monoisotopic (exact) mass is 187 g/mol. The third-order valence-corrected chi connectivity index (χ3v) is 2.10. The third-order valence-electron chi connectivity index (χ3n) is 2.10. The number of rotatable bonds is 0. The summed E-state index contributed by atoms with van der Waals surface area (Å²) in [6, 6.07) is 0. The summed E-state index contributed by atoms with van der Waals surface area (Å²) in [5.41, 5.74) is -0.871. The molecule has 0 aliphatic carbocycles. The minimum absolute atomic E-state index is 0.195. The summed E-state index contributed by atoms with van der Waals surface area (Å²) in [5.74, 6) is -1.56. The van der Waals surface area contributed by atoms with Crippen molar-refractivity contribution in [2.24, 2.45) is 0 Å². The van der Waals surface area contributed by atoms with Crippen LogP contribution in [0.4, 0.5) is 0 Å². The van der Waals surface area contributed by atoms with E-state index in [4.69, 9.17) is 0 Å². The highest BCUT2D eigenvalue weighted by molar-refractivity contribution is 6.32. The van der Waals surface area contributed by atoms with Crippen molar-refractivity contribution in [3.63, 3.8) is 0 Å². The van der Waals surface area contributed by atoms with Gasteiger partial charge in [-0.3, -0.25) is 4.79 Å². The summed E-state index contributed by atoms with van der Waals surface area (Å²) in [5, 5.41) is 9.52. The van der Waals surface area contributed by atoms with E-state index in [-0.39, 0.29) is 6.54 Å². The minimum atomic E-state index is -0.877. The Balaban J connectivity index is 2.57. The van der Waals surface area contributed by atoms with E-state index in [1.54, 1.807) is 6.92 Å². The van der Waals surface area contributed by atoms with E-state index < -0.39 is 17.5 Å². The molecule has 1 atom stereocenters. The molecule has 0 radical (unpaired) electrons. The Morgan fingerprint density at radius 2 is 2.15 bits per heavy atom. The van der Waals surface area contributed by atoms with Gasteiger partial charge in [0.15, 0.2) is 0 Å². The molecule has 1 fully saturated rings. The molecule has 1 aliphatic rings. The van der Waals surface area contributed by atoms with Crippen molar-refractivity contribution in [3.8, 4) is 0 Å². The first kappa shape index (κ1) is 9.98. The molecule has 0 aromatic rings. The van der Waals surface area contributed by atoms with Gasteiger partial charge in [0.25, 0.3) is 0 Å². The van der Waals surface area contributed by atoms with Gasteiger partial charge in [-0.2, -0.15) is 0 Å². The van der Waals surface area contributed by atoms with Crippen molar-refractivity contribution in [2.75, 3.05) is 20.2 Å². The van der Waals surface area contributed by atoms with Crippen LogP contribution in [0.15, 0.2) is 0 Å². The smallest absolute Gasteiger partial charge is 0.396 e. The number of β-amino-alcohol motifs (C(OH)–C–C–N with tert-alkyl or cyclic N) is 1. The molecule has 0 aromatic carbocycles. The number of aliphatic hydroxyl groups is 1. The van der Waals surface area contributed by atoms with Gasteiger partial charge in [-0.1, -0.05) is 0 Å². The van der Waals surface area contributed by atoms with E-state index in [1.807, 2.05) is 0 Å². The summed E-state index contributed by atoms with van der Waals surface area (Å²) in [6.45, 7) is 2.24. The lowest BCUT2D eigenvalue weighted by atomic mass is 10.1. The number of ether oxygens (including phenoxy) is 1. The number of likely N-dealkylation sites (tertiary alicyclic amines) is 1. The van der Waals surface area contributed by atoms with Gasteiger partial charge >= 0.3 is 11.9 Å². The maximum atomic E-state index is 11.2. The van der Waals surface area contributed by atoms with Crippen molar-refractivity contribution in [1.29, 1.82) is 0 Å². The van der Waals surface area contributed by atoms with Crippen molar-refractivity contribution in [3.05, 3.63) is 0 Å². The van der Waals surface area contributed by atoms with Gasteiger partial charge in [-0.05, 0) is 13.3 Å². The molecule has 1 unspecified atom stereocenters. The number of amides is 1. The molecule has 0 saturated carbocycles. The highest BCUT2D eigenvalue weighted by Crippen LogP contribution is 2.20.